The first-order valence-corrected chi connectivity index (χ1v) is 11.2. The summed E-state index contributed by atoms with van der Waals surface area (Å²) in [6.07, 6.45) is 6.64. The second-order valence-corrected chi connectivity index (χ2v) is 8.30. The van der Waals surface area contributed by atoms with Gasteiger partial charge in [0, 0.05) is 30.7 Å². The predicted octanol–water partition coefficient (Wildman–Crippen LogP) is 3.22. The Morgan fingerprint density at radius 3 is 2.48 bits per heavy atom. The summed E-state index contributed by atoms with van der Waals surface area (Å²) in [5.74, 6) is -0.0745. The van der Waals surface area contributed by atoms with Gasteiger partial charge < -0.3 is 15.2 Å². The van der Waals surface area contributed by atoms with Crippen molar-refractivity contribution in [1.29, 1.82) is 0 Å². The van der Waals surface area contributed by atoms with E-state index in [4.69, 9.17) is 0 Å². The van der Waals surface area contributed by atoms with Gasteiger partial charge >= 0.3 is 0 Å². The minimum atomic E-state index is -0.189. The highest BCUT2D eigenvalue weighted by atomic mass is 32.2. The summed E-state index contributed by atoms with van der Waals surface area (Å²) in [6.45, 7) is 1.93. The van der Waals surface area contributed by atoms with Crippen LogP contribution in [0.4, 0.5) is 5.69 Å². The second-order valence-electron chi connectivity index (χ2n) is 7.36. The first kappa shape index (κ1) is 22.3. The molecule has 2 aromatic heterocycles. The standard InChI is InChI=1S/C23H23N7O2S/c1-16(17-5-9-20(10-6-17)30-15-24-14-26-30)27-22(32)18-3-7-19(8-4-18)28-21(31)13-33-23-25-11-12-29(23)2/h3-12,14-16H,13H2,1-2H3,(H,27,32)(H,28,31). The van der Waals surface area contributed by atoms with Crippen LogP contribution in [0.1, 0.15) is 28.9 Å². The number of hydrogen-bond acceptors (Lipinski definition) is 6. The van der Waals surface area contributed by atoms with Gasteiger partial charge in [-0.1, -0.05) is 23.9 Å². The minimum absolute atomic E-state index is 0.136. The van der Waals surface area contributed by atoms with E-state index in [1.807, 2.05) is 49.0 Å². The molecule has 2 heterocycles. The maximum Gasteiger partial charge on any atom is 0.251 e. The highest BCUT2D eigenvalue weighted by Gasteiger charge is 2.13. The number of rotatable bonds is 8. The van der Waals surface area contributed by atoms with Gasteiger partial charge in [0.1, 0.15) is 12.7 Å². The first-order chi connectivity index (χ1) is 16.0. The number of benzene rings is 2. The van der Waals surface area contributed by atoms with Crippen molar-refractivity contribution in [2.75, 3.05) is 11.1 Å². The molecular weight excluding hydrogens is 438 g/mol. The molecule has 0 aliphatic heterocycles. The largest absolute Gasteiger partial charge is 0.346 e. The monoisotopic (exact) mass is 461 g/mol. The quantitative estimate of drug-likeness (QED) is 0.390. The van der Waals surface area contributed by atoms with E-state index < -0.39 is 0 Å². The molecule has 33 heavy (non-hydrogen) atoms. The number of aryl methyl sites for hydroxylation is 1. The summed E-state index contributed by atoms with van der Waals surface area (Å²) < 4.78 is 3.53. The molecule has 0 spiro atoms. The summed E-state index contributed by atoms with van der Waals surface area (Å²) in [6, 6.07) is 14.4. The van der Waals surface area contributed by atoms with Gasteiger partial charge in [0.05, 0.1) is 17.5 Å². The molecule has 9 nitrogen and oxygen atoms in total. The lowest BCUT2D eigenvalue weighted by molar-refractivity contribution is -0.113. The Morgan fingerprint density at radius 1 is 1.09 bits per heavy atom. The number of anilines is 1. The van der Waals surface area contributed by atoms with Gasteiger partial charge in [0.2, 0.25) is 5.91 Å². The molecule has 0 aliphatic carbocycles. The zero-order chi connectivity index (χ0) is 23.2. The van der Waals surface area contributed by atoms with Gasteiger partial charge in [-0.25, -0.2) is 14.6 Å². The van der Waals surface area contributed by atoms with Crippen molar-refractivity contribution >= 4 is 29.3 Å². The third-order valence-corrected chi connectivity index (χ3v) is 6.02. The summed E-state index contributed by atoms with van der Waals surface area (Å²) in [5, 5.41) is 10.7. The number of amides is 2. The molecule has 1 unspecified atom stereocenters. The van der Waals surface area contributed by atoms with Crippen LogP contribution >= 0.6 is 11.8 Å². The van der Waals surface area contributed by atoms with Crippen LogP contribution in [0.3, 0.4) is 0 Å². The van der Waals surface area contributed by atoms with Gasteiger partial charge in [0.15, 0.2) is 5.16 Å². The average molecular weight is 462 g/mol. The molecule has 4 aromatic rings. The van der Waals surface area contributed by atoms with Crippen LogP contribution in [0, 0.1) is 0 Å². The lowest BCUT2D eigenvalue weighted by Crippen LogP contribution is -2.26. The number of carbonyl (C=O) groups excluding carboxylic acids is 2. The molecule has 0 saturated heterocycles. The highest BCUT2D eigenvalue weighted by Crippen LogP contribution is 2.18. The van der Waals surface area contributed by atoms with Gasteiger partial charge in [-0.2, -0.15) is 5.10 Å². The zero-order valence-corrected chi connectivity index (χ0v) is 19.0. The summed E-state index contributed by atoms with van der Waals surface area (Å²) >= 11 is 1.36. The fraction of sp³-hybridized carbons (Fsp3) is 0.174. The molecule has 2 N–H and O–H groups in total. The molecule has 2 aromatic carbocycles. The molecule has 10 heteroatoms. The number of nitrogens with one attached hydrogen (secondary N) is 2. The summed E-state index contributed by atoms with van der Waals surface area (Å²) in [4.78, 5) is 33.0. The van der Waals surface area contributed by atoms with E-state index in [0.29, 0.717) is 11.3 Å². The smallest absolute Gasteiger partial charge is 0.251 e. The Bertz CT molecular complexity index is 1220. The van der Waals surface area contributed by atoms with E-state index in [2.05, 4.69) is 25.7 Å². The number of hydrogen-bond donors (Lipinski definition) is 2. The number of imidazole rings is 1. The SMILES string of the molecule is CC(NC(=O)c1ccc(NC(=O)CSc2nccn2C)cc1)c1ccc(-n2cncn2)cc1. The Labute approximate surface area is 195 Å². The van der Waals surface area contributed by atoms with E-state index >= 15 is 0 Å². The van der Waals surface area contributed by atoms with Gasteiger partial charge in [-0.15, -0.1) is 0 Å². The van der Waals surface area contributed by atoms with Gasteiger partial charge in [0.25, 0.3) is 5.91 Å². The predicted molar refractivity (Wildman–Crippen MR) is 126 cm³/mol. The van der Waals surface area contributed by atoms with Crippen LogP contribution in [0.2, 0.25) is 0 Å². The van der Waals surface area contributed by atoms with Crippen LogP contribution in [0.5, 0.6) is 0 Å². The maximum atomic E-state index is 12.6. The maximum absolute atomic E-state index is 12.6. The van der Waals surface area contributed by atoms with E-state index in [9.17, 15) is 9.59 Å². The first-order valence-electron chi connectivity index (χ1n) is 10.3. The molecule has 0 aliphatic rings. The lowest BCUT2D eigenvalue weighted by Gasteiger charge is -2.15. The van der Waals surface area contributed by atoms with E-state index in [-0.39, 0.29) is 23.6 Å². The third-order valence-electron chi connectivity index (χ3n) is 4.96. The fourth-order valence-corrected chi connectivity index (χ4v) is 3.88. The third kappa shape index (κ3) is 5.66. The van der Waals surface area contributed by atoms with Crippen LogP contribution in [-0.4, -0.2) is 41.9 Å². The molecule has 2 amide bonds. The van der Waals surface area contributed by atoms with Crippen molar-refractivity contribution < 1.29 is 9.59 Å². The highest BCUT2D eigenvalue weighted by molar-refractivity contribution is 7.99. The fourth-order valence-electron chi connectivity index (χ4n) is 3.14. The van der Waals surface area contributed by atoms with Crippen LogP contribution < -0.4 is 10.6 Å². The van der Waals surface area contributed by atoms with Crippen molar-refractivity contribution in [1.82, 2.24) is 29.6 Å². The Kier molecular flexibility index (Phi) is 6.84. The van der Waals surface area contributed by atoms with E-state index in [0.717, 1.165) is 16.4 Å². The molecule has 168 valence electrons. The lowest BCUT2D eigenvalue weighted by atomic mass is 10.1. The van der Waals surface area contributed by atoms with Crippen molar-refractivity contribution in [3.8, 4) is 5.69 Å². The number of aromatic nitrogens is 5. The van der Waals surface area contributed by atoms with Crippen molar-refractivity contribution in [2.45, 2.75) is 18.1 Å². The molecule has 1 atom stereocenters. The number of nitrogens with zero attached hydrogens (tertiary/aromatic N) is 5. The summed E-state index contributed by atoms with van der Waals surface area (Å²) in [7, 11) is 1.88. The van der Waals surface area contributed by atoms with Gasteiger partial charge in [-0.3, -0.25) is 9.59 Å². The average Bonchev–Trinajstić information content (AvgIpc) is 3.50. The molecular formula is C23H23N7O2S. The number of carbonyl (C=O) groups is 2. The van der Waals surface area contributed by atoms with E-state index in [1.165, 1.54) is 18.1 Å². The Morgan fingerprint density at radius 2 is 1.85 bits per heavy atom. The normalized spacial score (nSPS) is 11.7. The van der Waals surface area contributed by atoms with Crippen LogP contribution in [0.15, 0.2) is 78.7 Å². The van der Waals surface area contributed by atoms with Crippen LogP contribution in [0.25, 0.3) is 5.69 Å². The van der Waals surface area contributed by atoms with Crippen molar-refractivity contribution in [3.63, 3.8) is 0 Å². The topological polar surface area (TPSA) is 107 Å². The van der Waals surface area contributed by atoms with E-state index in [1.54, 1.807) is 41.5 Å². The van der Waals surface area contributed by atoms with Crippen LogP contribution in [-0.2, 0) is 11.8 Å². The van der Waals surface area contributed by atoms with Crippen molar-refractivity contribution in [3.05, 3.63) is 84.7 Å². The van der Waals surface area contributed by atoms with Gasteiger partial charge in [-0.05, 0) is 48.9 Å². The second kappa shape index (κ2) is 10.1. The molecule has 0 fully saturated rings. The minimum Gasteiger partial charge on any atom is -0.346 e. The van der Waals surface area contributed by atoms with Crippen molar-refractivity contribution in [2.24, 2.45) is 7.05 Å². The zero-order valence-electron chi connectivity index (χ0n) is 18.2. The Hall–Kier alpha value is -3.92. The molecule has 0 radical (unpaired) electrons. The molecule has 0 saturated carbocycles. The number of thioether (sulfide) groups is 1. The molecule has 0 bridgehead atoms. The summed E-state index contributed by atoms with van der Waals surface area (Å²) in [5.41, 5.74) is 3.02. The molecule has 4 rings (SSSR count). The Balaban J connectivity index is 1.29.